The summed E-state index contributed by atoms with van der Waals surface area (Å²) in [5, 5.41) is 0. The molecule has 184 valence electrons. The van der Waals surface area contributed by atoms with E-state index in [0.29, 0.717) is 11.6 Å². The van der Waals surface area contributed by atoms with Gasteiger partial charge in [-0.2, -0.15) is 9.97 Å². The lowest BCUT2D eigenvalue weighted by atomic mass is 9.59. The fraction of sp³-hybridized carbons (Fsp3) is 0.333. The predicted octanol–water partition coefficient (Wildman–Crippen LogP) is 7.00. The van der Waals surface area contributed by atoms with Crippen LogP contribution in [0.25, 0.3) is 22.6 Å². The third-order valence-corrected chi connectivity index (χ3v) is 8.54. The first-order chi connectivity index (χ1) is 17.0. The van der Waals surface area contributed by atoms with E-state index in [0.717, 1.165) is 16.8 Å². The van der Waals surface area contributed by atoms with Gasteiger partial charge in [-0.05, 0) is 57.7 Å². The quantitative estimate of drug-likeness (QED) is 0.306. The predicted molar refractivity (Wildman–Crippen MR) is 141 cm³/mol. The normalized spacial score (nSPS) is 16.9. The number of fused-ring (bicyclic) bond motifs is 1. The van der Waals surface area contributed by atoms with Crippen molar-refractivity contribution in [2.45, 2.75) is 52.4 Å². The number of hydrogen-bond donors (Lipinski definition) is 0. The molecule has 6 heteroatoms. The Bertz CT molecular complexity index is 1410. The van der Waals surface area contributed by atoms with Crippen LogP contribution in [0.1, 0.15) is 52.7 Å². The summed E-state index contributed by atoms with van der Waals surface area (Å²) in [6, 6.07) is 20.5. The van der Waals surface area contributed by atoms with Gasteiger partial charge in [0.25, 0.3) is 0 Å². The number of ether oxygens (including phenoxy) is 2. The fourth-order valence-corrected chi connectivity index (χ4v) is 5.12. The second kappa shape index (κ2) is 8.40. The number of pyridine rings is 1. The molecule has 6 nitrogen and oxygen atoms in total. The van der Waals surface area contributed by atoms with Crippen molar-refractivity contribution in [1.29, 1.82) is 0 Å². The summed E-state index contributed by atoms with van der Waals surface area (Å²) in [4.78, 5) is 17.9. The zero-order valence-corrected chi connectivity index (χ0v) is 22.0. The largest absolute Gasteiger partial charge is 0.467 e. The molecular weight excluding hydrogens is 448 g/mol. The Kier molecular flexibility index (Phi) is 5.58. The van der Waals surface area contributed by atoms with Crippen LogP contribution in [0, 0.1) is 5.41 Å². The van der Waals surface area contributed by atoms with E-state index in [-0.39, 0.29) is 28.3 Å². The lowest BCUT2D eigenvalue weighted by Gasteiger charge is -2.44. The van der Waals surface area contributed by atoms with Crippen molar-refractivity contribution in [3.8, 4) is 40.4 Å². The number of hydrogen-bond acceptors (Lipinski definition) is 6. The summed E-state index contributed by atoms with van der Waals surface area (Å²) in [7, 11) is 1.52. The van der Waals surface area contributed by atoms with Gasteiger partial charge in [0.2, 0.25) is 0 Å². The van der Waals surface area contributed by atoms with Crippen LogP contribution >= 0.6 is 0 Å². The molecule has 0 bridgehead atoms. The Balaban J connectivity index is 1.47. The van der Waals surface area contributed by atoms with Crippen LogP contribution in [0.4, 0.5) is 0 Å². The van der Waals surface area contributed by atoms with Crippen molar-refractivity contribution in [2.24, 2.45) is 5.41 Å². The van der Waals surface area contributed by atoms with Crippen molar-refractivity contribution in [1.82, 2.24) is 19.9 Å². The second-order valence-electron chi connectivity index (χ2n) is 10.9. The average molecular weight is 481 g/mol. The summed E-state index contributed by atoms with van der Waals surface area (Å²) in [5.74, 6) is 1.07. The van der Waals surface area contributed by atoms with Gasteiger partial charge in [-0.15, -0.1) is 4.98 Å². The minimum Gasteiger partial charge on any atom is -0.467 e. The maximum Gasteiger partial charge on any atom is 0.328 e. The molecule has 2 aromatic carbocycles. The molecule has 1 aliphatic carbocycles. The van der Waals surface area contributed by atoms with E-state index in [1.165, 1.54) is 18.2 Å². The topological polar surface area (TPSA) is 70.0 Å². The van der Waals surface area contributed by atoms with Gasteiger partial charge in [0.05, 0.1) is 12.8 Å². The van der Waals surface area contributed by atoms with Crippen LogP contribution in [-0.2, 0) is 10.8 Å². The van der Waals surface area contributed by atoms with Crippen molar-refractivity contribution >= 4 is 0 Å². The molecule has 0 saturated heterocycles. The molecule has 0 saturated carbocycles. The summed E-state index contributed by atoms with van der Waals surface area (Å²) >= 11 is 0. The van der Waals surface area contributed by atoms with Gasteiger partial charge < -0.3 is 9.47 Å². The van der Waals surface area contributed by atoms with Crippen LogP contribution in [0.3, 0.4) is 0 Å². The zero-order chi connectivity index (χ0) is 25.7. The smallest absolute Gasteiger partial charge is 0.328 e. The first-order valence-electron chi connectivity index (χ1n) is 12.2. The van der Waals surface area contributed by atoms with Gasteiger partial charge in [-0.3, -0.25) is 4.98 Å². The van der Waals surface area contributed by atoms with Crippen LogP contribution in [0.2, 0.25) is 0 Å². The Morgan fingerprint density at radius 1 is 0.667 bits per heavy atom. The van der Waals surface area contributed by atoms with Gasteiger partial charge in [-0.25, -0.2) is 0 Å². The van der Waals surface area contributed by atoms with E-state index in [9.17, 15) is 0 Å². The van der Waals surface area contributed by atoms with Gasteiger partial charge >= 0.3 is 12.0 Å². The summed E-state index contributed by atoms with van der Waals surface area (Å²) in [5.41, 5.74) is 5.81. The molecule has 36 heavy (non-hydrogen) atoms. The number of nitrogens with zero attached hydrogens (tertiary/aromatic N) is 4. The zero-order valence-electron chi connectivity index (χ0n) is 22.0. The standard InChI is InChI=1S/C30H32N4O2/c1-28(2)22-15-13-19(17-23(22)29(3,4)30(28,5)6)24-16-14-20(18-31-24)25-32-26(35-7)34-27(33-25)36-21-11-9-8-10-12-21/h8-18H,1-7H3. The molecule has 0 spiro atoms. The molecule has 0 amide bonds. The van der Waals surface area contributed by atoms with Crippen LogP contribution < -0.4 is 9.47 Å². The highest BCUT2D eigenvalue weighted by Crippen LogP contribution is 2.61. The molecule has 2 aromatic heterocycles. The molecule has 5 rings (SSSR count). The summed E-state index contributed by atoms with van der Waals surface area (Å²) in [6.45, 7) is 14.2. The van der Waals surface area contributed by atoms with Crippen LogP contribution in [-0.4, -0.2) is 27.0 Å². The van der Waals surface area contributed by atoms with E-state index in [4.69, 9.17) is 14.5 Å². The van der Waals surface area contributed by atoms with Crippen molar-refractivity contribution in [3.05, 3.63) is 78.0 Å². The third kappa shape index (κ3) is 3.72. The van der Waals surface area contributed by atoms with E-state index in [1.807, 2.05) is 42.5 Å². The molecule has 0 atom stereocenters. The summed E-state index contributed by atoms with van der Waals surface area (Å²) < 4.78 is 11.1. The first kappa shape index (κ1) is 23.9. The molecule has 0 radical (unpaired) electrons. The maximum absolute atomic E-state index is 5.81. The Hall–Kier alpha value is -3.80. The lowest BCUT2D eigenvalue weighted by molar-refractivity contribution is 0.125. The van der Waals surface area contributed by atoms with E-state index in [2.05, 4.69) is 74.7 Å². The molecule has 0 N–H and O–H groups in total. The molecule has 4 aromatic rings. The van der Waals surface area contributed by atoms with E-state index in [1.54, 1.807) is 6.20 Å². The SMILES string of the molecule is COc1nc(Oc2ccccc2)nc(-c2ccc(-c3ccc4c(c3)C(C)(C)C(C)(C)C4(C)C)nc2)n1. The van der Waals surface area contributed by atoms with Crippen LogP contribution in [0.15, 0.2) is 66.9 Å². The van der Waals surface area contributed by atoms with Gasteiger partial charge in [0, 0.05) is 17.3 Å². The maximum atomic E-state index is 5.81. The number of rotatable bonds is 5. The van der Waals surface area contributed by atoms with Gasteiger partial charge in [0.15, 0.2) is 5.82 Å². The van der Waals surface area contributed by atoms with Gasteiger partial charge in [0.1, 0.15) is 5.75 Å². The molecule has 0 unspecified atom stereocenters. The minimum atomic E-state index is 0.0400. The molecule has 0 fully saturated rings. The first-order valence-corrected chi connectivity index (χ1v) is 12.2. The Labute approximate surface area is 212 Å². The van der Waals surface area contributed by atoms with Gasteiger partial charge in [-0.1, -0.05) is 71.9 Å². The van der Waals surface area contributed by atoms with E-state index < -0.39 is 0 Å². The van der Waals surface area contributed by atoms with Crippen molar-refractivity contribution in [2.75, 3.05) is 7.11 Å². The Morgan fingerprint density at radius 2 is 1.33 bits per heavy atom. The average Bonchev–Trinajstić information content (AvgIpc) is 2.98. The summed E-state index contributed by atoms with van der Waals surface area (Å²) in [6.07, 6.45) is 1.78. The van der Waals surface area contributed by atoms with E-state index >= 15 is 0 Å². The monoisotopic (exact) mass is 480 g/mol. The minimum absolute atomic E-state index is 0.0400. The lowest BCUT2D eigenvalue weighted by Crippen LogP contribution is -2.42. The molecule has 2 heterocycles. The highest BCUT2D eigenvalue weighted by Gasteiger charge is 2.56. The number of benzene rings is 2. The number of para-hydroxylation sites is 1. The Morgan fingerprint density at radius 3 is 2.00 bits per heavy atom. The highest BCUT2D eigenvalue weighted by atomic mass is 16.5. The third-order valence-electron chi connectivity index (χ3n) is 8.54. The number of aromatic nitrogens is 4. The molecular formula is C30H32N4O2. The van der Waals surface area contributed by atoms with Crippen LogP contribution in [0.5, 0.6) is 17.8 Å². The fourth-order valence-electron chi connectivity index (χ4n) is 5.12. The van der Waals surface area contributed by atoms with Crippen molar-refractivity contribution < 1.29 is 9.47 Å². The molecule has 0 aliphatic heterocycles. The highest BCUT2D eigenvalue weighted by molar-refractivity contribution is 5.66. The molecule has 1 aliphatic rings. The second-order valence-corrected chi connectivity index (χ2v) is 10.9. The number of methoxy groups -OCH3 is 1. The van der Waals surface area contributed by atoms with Crippen molar-refractivity contribution in [3.63, 3.8) is 0 Å².